The number of carboxylic acids is 1. The molecule has 1 heterocycles. The van der Waals surface area contributed by atoms with E-state index in [9.17, 15) is 14.0 Å². The average molecular weight is 321 g/mol. The summed E-state index contributed by atoms with van der Waals surface area (Å²) < 4.78 is 18.9. The SMILES string of the molecule is O=C(O)C1CC1C(=O)N(Cc1cccc(F)c1)CC1CCCO1. The number of hydrogen-bond acceptors (Lipinski definition) is 3. The molecule has 2 fully saturated rings. The highest BCUT2D eigenvalue weighted by Crippen LogP contribution is 2.40. The molecule has 0 radical (unpaired) electrons. The van der Waals surface area contributed by atoms with Gasteiger partial charge in [-0.2, -0.15) is 0 Å². The first-order valence-corrected chi connectivity index (χ1v) is 7.92. The molecule has 5 nitrogen and oxygen atoms in total. The lowest BCUT2D eigenvalue weighted by molar-refractivity contribution is -0.142. The number of hydrogen-bond donors (Lipinski definition) is 1. The number of halogens is 1. The summed E-state index contributed by atoms with van der Waals surface area (Å²) in [5.41, 5.74) is 0.698. The molecule has 23 heavy (non-hydrogen) atoms. The Labute approximate surface area is 134 Å². The number of carbonyl (C=O) groups excluding carboxylic acids is 1. The largest absolute Gasteiger partial charge is 0.481 e. The van der Waals surface area contributed by atoms with E-state index in [0.29, 0.717) is 25.1 Å². The summed E-state index contributed by atoms with van der Waals surface area (Å²) in [6.45, 7) is 1.39. The molecule has 1 aliphatic heterocycles. The fraction of sp³-hybridized carbons (Fsp3) is 0.529. The molecule has 2 aliphatic rings. The molecule has 3 rings (SSSR count). The first kappa shape index (κ1) is 15.9. The number of nitrogens with zero attached hydrogens (tertiary/aromatic N) is 1. The molecule has 1 aromatic carbocycles. The Bertz CT molecular complexity index is 600. The van der Waals surface area contributed by atoms with Gasteiger partial charge in [0.1, 0.15) is 5.82 Å². The zero-order chi connectivity index (χ0) is 16.4. The van der Waals surface area contributed by atoms with Crippen LogP contribution < -0.4 is 0 Å². The van der Waals surface area contributed by atoms with Gasteiger partial charge in [0.15, 0.2) is 0 Å². The van der Waals surface area contributed by atoms with Crippen molar-refractivity contribution in [2.75, 3.05) is 13.2 Å². The van der Waals surface area contributed by atoms with Gasteiger partial charge >= 0.3 is 5.97 Å². The molecule has 1 aliphatic carbocycles. The van der Waals surface area contributed by atoms with E-state index in [2.05, 4.69) is 0 Å². The number of carboxylic acid groups (broad SMARTS) is 1. The summed E-state index contributed by atoms with van der Waals surface area (Å²) in [6.07, 6.45) is 2.22. The van der Waals surface area contributed by atoms with E-state index < -0.39 is 17.8 Å². The number of benzene rings is 1. The van der Waals surface area contributed by atoms with Crippen LogP contribution in [-0.2, 0) is 20.9 Å². The van der Waals surface area contributed by atoms with Crippen LogP contribution in [0.3, 0.4) is 0 Å². The molecule has 3 unspecified atom stereocenters. The van der Waals surface area contributed by atoms with E-state index in [0.717, 1.165) is 12.8 Å². The highest BCUT2D eigenvalue weighted by Gasteiger charge is 2.50. The van der Waals surface area contributed by atoms with E-state index in [1.807, 2.05) is 0 Å². The van der Waals surface area contributed by atoms with Gasteiger partial charge in [-0.25, -0.2) is 4.39 Å². The smallest absolute Gasteiger partial charge is 0.307 e. The van der Waals surface area contributed by atoms with Crippen LogP contribution in [0, 0.1) is 17.7 Å². The third-order valence-electron chi connectivity index (χ3n) is 4.45. The van der Waals surface area contributed by atoms with E-state index in [1.165, 1.54) is 12.1 Å². The number of rotatable bonds is 6. The van der Waals surface area contributed by atoms with Crippen molar-refractivity contribution in [2.24, 2.45) is 11.8 Å². The molecule has 3 atom stereocenters. The normalized spacial score (nSPS) is 26.0. The molecular formula is C17H20FNO4. The van der Waals surface area contributed by atoms with Crippen molar-refractivity contribution in [3.05, 3.63) is 35.6 Å². The van der Waals surface area contributed by atoms with Crippen molar-refractivity contribution in [3.8, 4) is 0 Å². The lowest BCUT2D eigenvalue weighted by Gasteiger charge is -2.26. The highest BCUT2D eigenvalue weighted by molar-refractivity contribution is 5.89. The van der Waals surface area contributed by atoms with Crippen molar-refractivity contribution in [2.45, 2.75) is 31.9 Å². The molecule has 0 aromatic heterocycles. The molecule has 6 heteroatoms. The van der Waals surface area contributed by atoms with Gasteiger partial charge in [-0.15, -0.1) is 0 Å². The van der Waals surface area contributed by atoms with Crippen LogP contribution in [0.2, 0.25) is 0 Å². The quantitative estimate of drug-likeness (QED) is 0.871. The van der Waals surface area contributed by atoms with Gasteiger partial charge in [-0.05, 0) is 37.0 Å². The fourth-order valence-electron chi connectivity index (χ4n) is 3.10. The minimum Gasteiger partial charge on any atom is -0.481 e. The fourth-order valence-corrected chi connectivity index (χ4v) is 3.10. The predicted octanol–water partition coefficient (Wildman–Crippen LogP) is 2.05. The molecule has 1 saturated heterocycles. The number of carbonyl (C=O) groups is 2. The molecule has 0 bridgehead atoms. The Morgan fingerprint density at radius 1 is 1.35 bits per heavy atom. The summed E-state index contributed by atoms with van der Waals surface area (Å²) in [7, 11) is 0. The van der Waals surface area contributed by atoms with E-state index in [1.54, 1.807) is 17.0 Å². The zero-order valence-electron chi connectivity index (χ0n) is 12.8. The van der Waals surface area contributed by atoms with Crippen LogP contribution in [-0.4, -0.2) is 41.1 Å². The van der Waals surface area contributed by atoms with E-state index in [4.69, 9.17) is 9.84 Å². The maximum Gasteiger partial charge on any atom is 0.307 e. The summed E-state index contributed by atoms with van der Waals surface area (Å²) in [5, 5.41) is 9.02. The molecular weight excluding hydrogens is 301 g/mol. The summed E-state index contributed by atoms with van der Waals surface area (Å²) in [4.78, 5) is 25.2. The second kappa shape index (κ2) is 6.66. The molecule has 124 valence electrons. The van der Waals surface area contributed by atoms with Crippen LogP contribution in [0.4, 0.5) is 4.39 Å². The van der Waals surface area contributed by atoms with Gasteiger partial charge in [0.25, 0.3) is 0 Å². The second-order valence-electron chi connectivity index (χ2n) is 6.27. The molecule has 1 saturated carbocycles. The lowest BCUT2D eigenvalue weighted by Crippen LogP contribution is -2.38. The van der Waals surface area contributed by atoms with Crippen molar-refractivity contribution in [1.29, 1.82) is 0 Å². The van der Waals surface area contributed by atoms with Crippen LogP contribution in [0.25, 0.3) is 0 Å². The van der Waals surface area contributed by atoms with Crippen molar-refractivity contribution >= 4 is 11.9 Å². The van der Waals surface area contributed by atoms with Crippen LogP contribution in [0.1, 0.15) is 24.8 Å². The monoisotopic (exact) mass is 321 g/mol. The first-order valence-electron chi connectivity index (χ1n) is 7.92. The Morgan fingerprint density at radius 3 is 2.78 bits per heavy atom. The van der Waals surface area contributed by atoms with E-state index in [-0.39, 0.29) is 24.4 Å². The molecule has 1 amide bonds. The maximum atomic E-state index is 13.4. The Balaban J connectivity index is 1.70. The number of ether oxygens (including phenoxy) is 1. The second-order valence-corrected chi connectivity index (χ2v) is 6.27. The van der Waals surface area contributed by atoms with Crippen molar-refractivity contribution in [1.82, 2.24) is 4.90 Å². The molecule has 1 aromatic rings. The molecule has 0 spiro atoms. The summed E-state index contributed by atoms with van der Waals surface area (Å²) in [5.74, 6) is -2.48. The number of aliphatic carboxylic acids is 1. The lowest BCUT2D eigenvalue weighted by atomic mass is 10.1. The zero-order valence-corrected chi connectivity index (χ0v) is 12.8. The maximum absolute atomic E-state index is 13.4. The summed E-state index contributed by atoms with van der Waals surface area (Å²) in [6, 6.07) is 6.13. The van der Waals surface area contributed by atoms with Crippen LogP contribution in [0.15, 0.2) is 24.3 Å². The minimum absolute atomic E-state index is 0.0189. The van der Waals surface area contributed by atoms with Gasteiger partial charge in [-0.3, -0.25) is 9.59 Å². The van der Waals surface area contributed by atoms with Crippen molar-refractivity contribution < 1.29 is 23.8 Å². The Hall–Kier alpha value is -1.95. The highest BCUT2D eigenvalue weighted by atomic mass is 19.1. The third-order valence-corrected chi connectivity index (χ3v) is 4.45. The summed E-state index contributed by atoms with van der Waals surface area (Å²) >= 11 is 0. The van der Waals surface area contributed by atoms with Crippen molar-refractivity contribution in [3.63, 3.8) is 0 Å². The molecule has 1 N–H and O–H groups in total. The van der Waals surface area contributed by atoms with Gasteiger partial charge in [0.05, 0.1) is 17.9 Å². The Kier molecular flexibility index (Phi) is 4.61. The van der Waals surface area contributed by atoms with Gasteiger partial charge < -0.3 is 14.7 Å². The van der Waals surface area contributed by atoms with Crippen LogP contribution in [0.5, 0.6) is 0 Å². The number of amides is 1. The predicted molar refractivity (Wildman–Crippen MR) is 80.0 cm³/mol. The topological polar surface area (TPSA) is 66.8 Å². The first-order chi connectivity index (χ1) is 11.0. The third kappa shape index (κ3) is 3.88. The van der Waals surface area contributed by atoms with Crippen LogP contribution >= 0.6 is 0 Å². The Morgan fingerprint density at radius 2 is 2.17 bits per heavy atom. The van der Waals surface area contributed by atoms with E-state index >= 15 is 0 Å². The van der Waals surface area contributed by atoms with Gasteiger partial charge in [0.2, 0.25) is 5.91 Å². The standard InChI is InChI=1S/C17H20FNO4/c18-12-4-1-3-11(7-12)9-19(10-13-5-2-6-23-13)16(20)14-8-15(14)17(21)22/h1,3-4,7,13-15H,2,5-6,8-10H2,(H,21,22). The average Bonchev–Trinajstić information content (AvgIpc) is 3.16. The van der Waals surface area contributed by atoms with Gasteiger partial charge in [0, 0.05) is 19.7 Å². The van der Waals surface area contributed by atoms with Gasteiger partial charge in [-0.1, -0.05) is 12.1 Å². The minimum atomic E-state index is -0.925.